The molecule has 1 aliphatic rings. The van der Waals surface area contributed by atoms with Gasteiger partial charge < -0.3 is 21.1 Å². The third-order valence-electron chi connectivity index (χ3n) is 3.45. The van der Waals surface area contributed by atoms with Gasteiger partial charge in [0.2, 0.25) is 5.91 Å². The molecule has 20 heavy (non-hydrogen) atoms. The van der Waals surface area contributed by atoms with Gasteiger partial charge in [0.05, 0.1) is 0 Å². The summed E-state index contributed by atoms with van der Waals surface area (Å²) in [6, 6.07) is 6.75. The Bertz CT molecular complexity index is 510. The maximum absolute atomic E-state index is 12.2. The van der Waals surface area contributed by atoms with Gasteiger partial charge in [0, 0.05) is 31.5 Å². The van der Waals surface area contributed by atoms with Crippen LogP contribution in [0.1, 0.15) is 23.2 Å². The van der Waals surface area contributed by atoms with Crippen LogP contribution in [0.5, 0.6) is 0 Å². The zero-order valence-corrected chi connectivity index (χ0v) is 11.4. The van der Waals surface area contributed by atoms with Gasteiger partial charge in [0.15, 0.2) is 0 Å². The number of hydrogen-bond donors (Lipinski definition) is 3. The standard InChI is InChI=1S/C14H19N3O3/c1-16-12(18)10-3-2-4-11(9-10)17-13(19)14(15)5-7-20-8-6-14/h2-4,9H,5-8,15H2,1H3,(H,16,18)(H,17,19). The van der Waals surface area contributed by atoms with E-state index < -0.39 is 5.54 Å². The first-order valence-corrected chi connectivity index (χ1v) is 6.55. The third kappa shape index (κ3) is 3.15. The maximum atomic E-state index is 12.2. The van der Waals surface area contributed by atoms with Crippen molar-refractivity contribution in [3.8, 4) is 0 Å². The Morgan fingerprint density at radius 3 is 2.65 bits per heavy atom. The second-order valence-corrected chi connectivity index (χ2v) is 4.88. The van der Waals surface area contributed by atoms with Crippen molar-refractivity contribution in [1.29, 1.82) is 0 Å². The van der Waals surface area contributed by atoms with Crippen LogP contribution in [-0.2, 0) is 9.53 Å². The maximum Gasteiger partial charge on any atom is 0.251 e. The lowest BCUT2D eigenvalue weighted by atomic mass is 9.90. The van der Waals surface area contributed by atoms with Crippen LogP contribution < -0.4 is 16.4 Å². The zero-order valence-electron chi connectivity index (χ0n) is 11.4. The molecule has 0 spiro atoms. The van der Waals surface area contributed by atoms with E-state index in [9.17, 15) is 9.59 Å². The quantitative estimate of drug-likeness (QED) is 0.749. The fourth-order valence-corrected chi connectivity index (χ4v) is 2.10. The first kappa shape index (κ1) is 14.5. The molecule has 1 aliphatic heterocycles. The molecular weight excluding hydrogens is 258 g/mol. The van der Waals surface area contributed by atoms with Crippen molar-refractivity contribution in [2.75, 3.05) is 25.6 Å². The van der Waals surface area contributed by atoms with Gasteiger partial charge >= 0.3 is 0 Å². The van der Waals surface area contributed by atoms with E-state index in [1.165, 1.54) is 0 Å². The Morgan fingerprint density at radius 1 is 1.30 bits per heavy atom. The van der Waals surface area contributed by atoms with Crippen LogP contribution in [0.15, 0.2) is 24.3 Å². The minimum Gasteiger partial charge on any atom is -0.381 e. The number of nitrogens with one attached hydrogen (secondary N) is 2. The zero-order chi connectivity index (χ0) is 14.6. The van der Waals surface area contributed by atoms with Crippen molar-refractivity contribution in [3.05, 3.63) is 29.8 Å². The van der Waals surface area contributed by atoms with E-state index >= 15 is 0 Å². The van der Waals surface area contributed by atoms with Crippen LogP contribution in [0.3, 0.4) is 0 Å². The number of benzene rings is 1. The number of hydrogen-bond acceptors (Lipinski definition) is 4. The summed E-state index contributed by atoms with van der Waals surface area (Å²) < 4.78 is 5.22. The molecular formula is C14H19N3O3. The Labute approximate surface area is 117 Å². The highest BCUT2D eigenvalue weighted by molar-refractivity contribution is 6.00. The van der Waals surface area contributed by atoms with Crippen molar-refractivity contribution in [1.82, 2.24) is 5.32 Å². The molecule has 4 N–H and O–H groups in total. The summed E-state index contributed by atoms with van der Waals surface area (Å²) in [6.07, 6.45) is 0.988. The summed E-state index contributed by atoms with van der Waals surface area (Å²) in [7, 11) is 1.56. The number of nitrogens with two attached hydrogens (primary N) is 1. The fraction of sp³-hybridized carbons (Fsp3) is 0.429. The number of ether oxygens (including phenoxy) is 1. The monoisotopic (exact) mass is 277 g/mol. The van der Waals surface area contributed by atoms with Crippen molar-refractivity contribution in [3.63, 3.8) is 0 Å². The molecule has 0 aliphatic carbocycles. The molecule has 1 saturated heterocycles. The minimum absolute atomic E-state index is 0.199. The van der Waals surface area contributed by atoms with Crippen LogP contribution in [0, 0.1) is 0 Å². The van der Waals surface area contributed by atoms with Crippen LogP contribution in [0.2, 0.25) is 0 Å². The second-order valence-electron chi connectivity index (χ2n) is 4.88. The summed E-state index contributed by atoms with van der Waals surface area (Å²) in [5, 5.41) is 5.31. The van der Waals surface area contributed by atoms with Crippen LogP contribution in [-0.4, -0.2) is 37.6 Å². The normalized spacial score (nSPS) is 17.3. The molecule has 2 amide bonds. The van der Waals surface area contributed by atoms with Gasteiger partial charge in [-0.15, -0.1) is 0 Å². The summed E-state index contributed by atoms with van der Waals surface area (Å²) >= 11 is 0. The number of carbonyl (C=O) groups excluding carboxylic acids is 2. The Morgan fingerprint density at radius 2 is 2.00 bits per heavy atom. The molecule has 1 heterocycles. The van der Waals surface area contributed by atoms with Gasteiger partial charge in [-0.2, -0.15) is 0 Å². The predicted molar refractivity (Wildman–Crippen MR) is 75.4 cm³/mol. The highest BCUT2D eigenvalue weighted by Gasteiger charge is 2.35. The number of carbonyl (C=O) groups is 2. The summed E-state index contributed by atoms with van der Waals surface area (Å²) in [5.74, 6) is -0.440. The van der Waals surface area contributed by atoms with Gasteiger partial charge in [-0.25, -0.2) is 0 Å². The van der Waals surface area contributed by atoms with Crippen molar-refractivity contribution >= 4 is 17.5 Å². The van der Waals surface area contributed by atoms with Crippen molar-refractivity contribution in [2.24, 2.45) is 5.73 Å². The molecule has 2 rings (SSSR count). The average molecular weight is 277 g/mol. The number of anilines is 1. The van der Waals surface area contributed by atoms with Gasteiger partial charge in [-0.3, -0.25) is 9.59 Å². The highest BCUT2D eigenvalue weighted by Crippen LogP contribution is 2.20. The topological polar surface area (TPSA) is 93.5 Å². The van der Waals surface area contributed by atoms with Crippen molar-refractivity contribution < 1.29 is 14.3 Å². The molecule has 108 valence electrons. The molecule has 0 saturated carbocycles. The number of rotatable bonds is 3. The average Bonchev–Trinajstić information content (AvgIpc) is 2.47. The second kappa shape index (κ2) is 6.02. The van der Waals surface area contributed by atoms with Crippen LogP contribution in [0.25, 0.3) is 0 Å². The van der Waals surface area contributed by atoms with Crippen LogP contribution >= 0.6 is 0 Å². The van der Waals surface area contributed by atoms with E-state index in [0.29, 0.717) is 37.3 Å². The molecule has 0 bridgehead atoms. The highest BCUT2D eigenvalue weighted by atomic mass is 16.5. The molecule has 1 aromatic carbocycles. The summed E-state index contributed by atoms with van der Waals surface area (Å²) in [5.41, 5.74) is 6.25. The van der Waals surface area contributed by atoms with Crippen LogP contribution in [0.4, 0.5) is 5.69 Å². The summed E-state index contributed by atoms with van der Waals surface area (Å²) in [6.45, 7) is 0.977. The molecule has 0 atom stereocenters. The van der Waals surface area contributed by atoms with Gasteiger partial charge in [-0.1, -0.05) is 6.07 Å². The summed E-state index contributed by atoms with van der Waals surface area (Å²) in [4.78, 5) is 23.8. The smallest absolute Gasteiger partial charge is 0.251 e. The predicted octanol–water partition coefficient (Wildman–Crippen LogP) is 0.493. The van der Waals surface area contributed by atoms with Crippen molar-refractivity contribution in [2.45, 2.75) is 18.4 Å². The molecule has 6 heteroatoms. The van der Waals surface area contributed by atoms with E-state index in [4.69, 9.17) is 10.5 Å². The SMILES string of the molecule is CNC(=O)c1cccc(NC(=O)C2(N)CCOCC2)c1. The van der Waals surface area contributed by atoms with Gasteiger partial charge in [0.1, 0.15) is 5.54 Å². The Kier molecular flexibility index (Phi) is 4.36. The van der Waals surface area contributed by atoms with E-state index in [1.807, 2.05) is 0 Å². The minimum atomic E-state index is -0.902. The Balaban J connectivity index is 2.09. The van der Waals surface area contributed by atoms with E-state index in [-0.39, 0.29) is 11.8 Å². The lowest BCUT2D eigenvalue weighted by Crippen LogP contribution is -2.54. The Hall–Kier alpha value is -1.92. The molecule has 1 aromatic rings. The largest absolute Gasteiger partial charge is 0.381 e. The molecule has 0 radical (unpaired) electrons. The third-order valence-corrected chi connectivity index (χ3v) is 3.45. The molecule has 6 nitrogen and oxygen atoms in total. The molecule has 0 unspecified atom stereocenters. The first-order valence-electron chi connectivity index (χ1n) is 6.55. The fourth-order valence-electron chi connectivity index (χ4n) is 2.10. The first-order chi connectivity index (χ1) is 9.55. The molecule has 0 aromatic heterocycles. The lowest BCUT2D eigenvalue weighted by molar-refractivity contribution is -0.124. The van der Waals surface area contributed by atoms with Gasteiger partial charge in [0.25, 0.3) is 5.91 Å². The van der Waals surface area contributed by atoms with E-state index in [2.05, 4.69) is 10.6 Å². The number of amides is 2. The lowest BCUT2D eigenvalue weighted by Gasteiger charge is -2.31. The van der Waals surface area contributed by atoms with Gasteiger partial charge in [-0.05, 0) is 31.0 Å². The van der Waals surface area contributed by atoms with E-state index in [0.717, 1.165) is 0 Å². The molecule has 1 fully saturated rings. The van der Waals surface area contributed by atoms with E-state index in [1.54, 1.807) is 31.3 Å².